The van der Waals surface area contributed by atoms with Gasteiger partial charge in [-0.1, -0.05) is 54.6 Å². The largest absolute Gasteiger partial charge is 0.445 e. The van der Waals surface area contributed by atoms with Crippen LogP contribution >= 0.6 is 0 Å². The predicted molar refractivity (Wildman–Crippen MR) is 157 cm³/mol. The number of aryl methyl sites for hydroxylation is 1. The highest BCUT2D eigenvalue weighted by Gasteiger charge is 2.45. The van der Waals surface area contributed by atoms with Crippen LogP contribution < -0.4 is 10.6 Å². The number of ether oxygens (including phenoxy) is 2. The maximum atomic E-state index is 14.4. The molecule has 4 atom stereocenters. The summed E-state index contributed by atoms with van der Waals surface area (Å²) in [6, 6.07) is 16.6. The maximum Gasteiger partial charge on any atom is 0.408 e. The van der Waals surface area contributed by atoms with E-state index in [4.69, 9.17) is 9.47 Å². The second kappa shape index (κ2) is 13.3. The monoisotopic (exact) mass is 574 g/mol. The molecule has 0 aromatic heterocycles. The number of benzene rings is 2. The average molecular weight is 575 g/mol. The Hall–Kier alpha value is -3.43. The van der Waals surface area contributed by atoms with Crippen LogP contribution in [-0.2, 0) is 32.1 Å². The van der Waals surface area contributed by atoms with Crippen molar-refractivity contribution >= 4 is 17.9 Å². The molecule has 0 saturated carbocycles. The van der Waals surface area contributed by atoms with Crippen LogP contribution in [0.15, 0.2) is 54.6 Å². The predicted octanol–water partition coefficient (Wildman–Crippen LogP) is 3.58. The van der Waals surface area contributed by atoms with Gasteiger partial charge in [-0.15, -0.1) is 0 Å². The Morgan fingerprint density at radius 1 is 0.929 bits per heavy atom. The minimum Gasteiger partial charge on any atom is -0.445 e. The molecular weight excluding hydrogens is 532 g/mol. The molecule has 0 bridgehead atoms. The minimum atomic E-state index is -0.782. The fourth-order valence-corrected chi connectivity index (χ4v) is 7.16. The topological polar surface area (TPSA) is 100 Å². The molecule has 2 aromatic carbocycles. The van der Waals surface area contributed by atoms with Crippen LogP contribution in [0.2, 0.25) is 0 Å². The van der Waals surface area contributed by atoms with E-state index < -0.39 is 18.2 Å². The van der Waals surface area contributed by atoms with E-state index in [-0.39, 0.29) is 36.4 Å². The Kier molecular flexibility index (Phi) is 9.05. The van der Waals surface area contributed by atoms with Gasteiger partial charge in [0.2, 0.25) is 11.8 Å². The molecule has 3 fully saturated rings. The average Bonchev–Trinajstić information content (AvgIpc) is 3.50. The van der Waals surface area contributed by atoms with Gasteiger partial charge in [-0.05, 0) is 74.1 Å². The van der Waals surface area contributed by atoms with Crippen molar-refractivity contribution in [1.82, 2.24) is 20.4 Å². The lowest BCUT2D eigenvalue weighted by Crippen LogP contribution is -2.66. The van der Waals surface area contributed by atoms with Crippen LogP contribution in [0.4, 0.5) is 4.79 Å². The highest BCUT2D eigenvalue weighted by molar-refractivity contribution is 5.92. The number of hydrogen-bond acceptors (Lipinski definition) is 6. The lowest BCUT2D eigenvalue weighted by molar-refractivity contribution is -0.148. The second-order valence-corrected chi connectivity index (χ2v) is 12.1. The summed E-state index contributed by atoms with van der Waals surface area (Å²) in [6.07, 6.45) is 5.68. The number of hydrogen-bond donors (Lipinski definition) is 2. The first-order chi connectivity index (χ1) is 20.6. The van der Waals surface area contributed by atoms with E-state index in [1.165, 1.54) is 11.1 Å². The van der Waals surface area contributed by atoms with Crippen LogP contribution in [-0.4, -0.2) is 78.7 Å². The number of nitrogens with zero attached hydrogens (tertiary/aromatic N) is 2. The van der Waals surface area contributed by atoms with Gasteiger partial charge in [-0.3, -0.25) is 14.5 Å². The Bertz CT molecular complexity index is 1250. The highest BCUT2D eigenvalue weighted by Crippen LogP contribution is 2.31. The molecule has 3 saturated heterocycles. The molecule has 3 heterocycles. The summed E-state index contributed by atoms with van der Waals surface area (Å²) in [5.41, 5.74) is 3.33. The zero-order chi connectivity index (χ0) is 28.9. The summed E-state index contributed by atoms with van der Waals surface area (Å²) in [5, 5.41) is 6.23. The first-order valence-corrected chi connectivity index (χ1v) is 15.5. The third-order valence-corrected chi connectivity index (χ3v) is 9.45. The number of rotatable bonds is 7. The molecule has 0 unspecified atom stereocenters. The molecule has 4 aliphatic rings. The van der Waals surface area contributed by atoms with Crippen molar-refractivity contribution in [1.29, 1.82) is 0 Å². The van der Waals surface area contributed by atoms with Gasteiger partial charge in [-0.25, -0.2) is 4.79 Å². The molecule has 3 aliphatic heterocycles. The molecule has 9 nitrogen and oxygen atoms in total. The van der Waals surface area contributed by atoms with Gasteiger partial charge in [0.25, 0.3) is 0 Å². The third-order valence-electron chi connectivity index (χ3n) is 9.45. The fraction of sp³-hybridized carbons (Fsp3) is 0.545. The molecule has 2 aromatic rings. The molecule has 6 rings (SSSR count). The van der Waals surface area contributed by atoms with Crippen LogP contribution in [0.25, 0.3) is 0 Å². The van der Waals surface area contributed by atoms with Crippen LogP contribution in [0.1, 0.15) is 61.3 Å². The fourth-order valence-electron chi connectivity index (χ4n) is 7.16. The molecule has 0 radical (unpaired) electrons. The Morgan fingerprint density at radius 2 is 1.71 bits per heavy atom. The third kappa shape index (κ3) is 6.47. The normalized spacial score (nSPS) is 25.1. The summed E-state index contributed by atoms with van der Waals surface area (Å²) >= 11 is 0. The molecule has 42 heavy (non-hydrogen) atoms. The van der Waals surface area contributed by atoms with Crippen molar-refractivity contribution in [2.24, 2.45) is 5.92 Å². The molecule has 3 amide bonds. The van der Waals surface area contributed by atoms with E-state index in [0.29, 0.717) is 39.1 Å². The molecule has 224 valence electrons. The van der Waals surface area contributed by atoms with E-state index in [1.54, 1.807) is 4.90 Å². The molecule has 0 spiro atoms. The maximum absolute atomic E-state index is 14.4. The zero-order valence-electron chi connectivity index (χ0n) is 24.2. The van der Waals surface area contributed by atoms with Crippen molar-refractivity contribution in [3.8, 4) is 0 Å². The lowest BCUT2D eigenvalue weighted by Gasteiger charge is -2.45. The van der Waals surface area contributed by atoms with E-state index in [1.807, 2.05) is 42.5 Å². The van der Waals surface area contributed by atoms with Gasteiger partial charge in [-0.2, -0.15) is 0 Å². The summed E-state index contributed by atoms with van der Waals surface area (Å²) in [5.74, 6) is -0.409. The first kappa shape index (κ1) is 28.7. The Labute approximate surface area is 247 Å². The summed E-state index contributed by atoms with van der Waals surface area (Å²) in [7, 11) is 0. The van der Waals surface area contributed by atoms with Gasteiger partial charge < -0.3 is 25.0 Å². The van der Waals surface area contributed by atoms with Crippen molar-refractivity contribution in [3.05, 3.63) is 71.3 Å². The minimum absolute atomic E-state index is 0.0620. The number of carbonyl (C=O) groups excluding carboxylic acids is 3. The number of carbonyl (C=O) groups is 3. The van der Waals surface area contributed by atoms with Gasteiger partial charge >= 0.3 is 6.09 Å². The highest BCUT2D eigenvalue weighted by atomic mass is 16.5. The SMILES string of the molecule is O=C(N[C@H](C(=O)N1C[C@@H]2CCCN2C[C@H]1C(=O)N[C@@H]1CCCc2ccccc21)C1CCOCC1)OCc1ccccc1. The van der Waals surface area contributed by atoms with Gasteiger partial charge in [0.15, 0.2) is 0 Å². The van der Waals surface area contributed by atoms with Crippen molar-refractivity contribution in [2.45, 2.75) is 75.7 Å². The van der Waals surface area contributed by atoms with Crippen molar-refractivity contribution < 1.29 is 23.9 Å². The van der Waals surface area contributed by atoms with Crippen molar-refractivity contribution in [3.63, 3.8) is 0 Å². The summed E-state index contributed by atoms with van der Waals surface area (Å²) in [6.45, 7) is 3.13. The second-order valence-electron chi connectivity index (χ2n) is 12.1. The molecular formula is C33H42N4O5. The number of nitrogens with one attached hydrogen (secondary N) is 2. The zero-order valence-corrected chi connectivity index (χ0v) is 24.2. The van der Waals surface area contributed by atoms with Crippen LogP contribution in [0.3, 0.4) is 0 Å². The quantitative estimate of drug-likeness (QED) is 0.525. The van der Waals surface area contributed by atoms with E-state index in [2.05, 4.69) is 27.7 Å². The van der Waals surface area contributed by atoms with Crippen LogP contribution in [0.5, 0.6) is 0 Å². The summed E-state index contributed by atoms with van der Waals surface area (Å²) in [4.78, 5) is 45.5. The smallest absolute Gasteiger partial charge is 0.408 e. The van der Waals surface area contributed by atoms with E-state index in [9.17, 15) is 14.4 Å². The first-order valence-electron chi connectivity index (χ1n) is 15.5. The number of alkyl carbamates (subject to hydrolysis) is 1. The molecule has 1 aliphatic carbocycles. The van der Waals surface area contributed by atoms with E-state index >= 15 is 0 Å². The van der Waals surface area contributed by atoms with Gasteiger partial charge in [0.05, 0.1) is 6.04 Å². The molecule has 2 N–H and O–H groups in total. The molecule has 9 heteroatoms. The number of piperazine rings is 1. The van der Waals surface area contributed by atoms with Crippen LogP contribution in [0, 0.1) is 5.92 Å². The number of fused-ring (bicyclic) bond motifs is 2. The standard InChI is InChI=1S/C33H42N4O5/c38-31(34-28-14-6-11-24-10-4-5-13-27(24)28)29-21-36-17-7-12-26(36)20-37(29)32(39)30(25-15-18-41-19-16-25)35-33(40)42-22-23-8-2-1-3-9-23/h1-5,8-10,13,25-26,28-30H,6-7,11-12,14-22H2,(H,34,38)(H,35,40)/t26-,28+,29-,30-/m0/s1. The van der Waals surface area contributed by atoms with Gasteiger partial charge in [0.1, 0.15) is 18.7 Å². The van der Waals surface area contributed by atoms with E-state index in [0.717, 1.165) is 44.2 Å². The lowest BCUT2D eigenvalue weighted by atomic mass is 9.87. The Balaban J connectivity index is 1.20. The van der Waals surface area contributed by atoms with Gasteiger partial charge in [0, 0.05) is 32.3 Å². The summed E-state index contributed by atoms with van der Waals surface area (Å²) < 4.78 is 11.1. The Morgan fingerprint density at radius 3 is 2.55 bits per heavy atom. The number of amides is 3. The van der Waals surface area contributed by atoms with Crippen molar-refractivity contribution in [2.75, 3.05) is 32.8 Å².